The summed E-state index contributed by atoms with van der Waals surface area (Å²) < 4.78 is 0.959. The van der Waals surface area contributed by atoms with Gasteiger partial charge in [-0.15, -0.1) is 0 Å². The highest BCUT2D eigenvalue weighted by molar-refractivity contribution is 9.10. The maximum Gasteiger partial charge on any atom is 0.115 e. The van der Waals surface area contributed by atoms with E-state index in [9.17, 15) is 10.2 Å². The first-order valence-corrected chi connectivity index (χ1v) is 6.64. The average Bonchev–Trinajstić information content (AvgIpc) is 2.22. The zero-order valence-electron chi connectivity index (χ0n) is 10.3. The summed E-state index contributed by atoms with van der Waals surface area (Å²) in [6.45, 7) is 5.38. The van der Waals surface area contributed by atoms with Crippen molar-refractivity contribution in [3.8, 4) is 5.75 Å². The van der Waals surface area contributed by atoms with E-state index >= 15 is 0 Å². The Kier molecular flexibility index (Phi) is 5.95. The van der Waals surface area contributed by atoms with E-state index < -0.39 is 0 Å². The number of phenols is 1. The minimum Gasteiger partial charge on any atom is -0.508 e. The van der Waals surface area contributed by atoms with E-state index in [-0.39, 0.29) is 11.9 Å². The van der Waals surface area contributed by atoms with Gasteiger partial charge >= 0.3 is 0 Å². The van der Waals surface area contributed by atoms with Crippen LogP contribution < -0.4 is 5.32 Å². The van der Waals surface area contributed by atoms with Crippen molar-refractivity contribution >= 4 is 15.9 Å². The molecule has 0 heterocycles. The van der Waals surface area contributed by atoms with Crippen LogP contribution in [-0.2, 0) is 6.54 Å². The van der Waals surface area contributed by atoms with E-state index in [0.717, 1.165) is 16.5 Å². The number of hydrogen-bond donors (Lipinski definition) is 3. The molecule has 0 aliphatic rings. The zero-order valence-corrected chi connectivity index (χ0v) is 11.9. The number of hydrogen-bond acceptors (Lipinski definition) is 3. The molecule has 0 saturated heterocycles. The molecule has 1 aromatic rings. The van der Waals surface area contributed by atoms with Gasteiger partial charge in [-0.05, 0) is 36.1 Å². The lowest BCUT2D eigenvalue weighted by Gasteiger charge is -2.14. The van der Waals surface area contributed by atoms with Crippen molar-refractivity contribution in [2.45, 2.75) is 32.9 Å². The molecule has 1 atom stereocenters. The van der Waals surface area contributed by atoms with Crippen LogP contribution in [0.5, 0.6) is 5.75 Å². The quantitative estimate of drug-likeness (QED) is 0.757. The Morgan fingerprint density at radius 1 is 1.35 bits per heavy atom. The second-order valence-electron chi connectivity index (χ2n) is 4.69. The summed E-state index contributed by atoms with van der Waals surface area (Å²) in [5.74, 6) is 0.757. The second-order valence-corrected chi connectivity index (χ2v) is 5.54. The summed E-state index contributed by atoms with van der Waals surface area (Å²) in [6.07, 6.45) is 0.486. The summed E-state index contributed by atoms with van der Waals surface area (Å²) in [4.78, 5) is 0. The smallest absolute Gasteiger partial charge is 0.115 e. The van der Waals surface area contributed by atoms with E-state index in [0.29, 0.717) is 19.0 Å². The monoisotopic (exact) mass is 301 g/mol. The number of halogens is 1. The first-order valence-electron chi connectivity index (χ1n) is 5.85. The highest BCUT2D eigenvalue weighted by Gasteiger charge is 2.07. The van der Waals surface area contributed by atoms with Crippen molar-refractivity contribution in [1.29, 1.82) is 0 Å². The van der Waals surface area contributed by atoms with Crippen LogP contribution in [0.25, 0.3) is 0 Å². The maximum absolute atomic E-state index is 9.70. The lowest BCUT2D eigenvalue weighted by molar-refractivity contribution is 0.146. The van der Waals surface area contributed by atoms with Crippen molar-refractivity contribution < 1.29 is 10.2 Å². The van der Waals surface area contributed by atoms with Crippen LogP contribution in [0.2, 0.25) is 0 Å². The molecule has 0 saturated carbocycles. The fourth-order valence-electron chi connectivity index (χ4n) is 1.70. The molecule has 0 fully saturated rings. The molecule has 0 aliphatic heterocycles. The van der Waals surface area contributed by atoms with Crippen LogP contribution in [0.4, 0.5) is 0 Å². The van der Waals surface area contributed by atoms with E-state index in [1.165, 1.54) is 0 Å². The lowest BCUT2D eigenvalue weighted by atomic mass is 10.1. The molecule has 96 valence electrons. The van der Waals surface area contributed by atoms with Gasteiger partial charge in [0.15, 0.2) is 0 Å². The van der Waals surface area contributed by atoms with Crippen molar-refractivity contribution in [3.63, 3.8) is 0 Å². The van der Waals surface area contributed by atoms with E-state index in [4.69, 9.17) is 0 Å². The Labute approximate surface area is 111 Å². The third kappa shape index (κ3) is 5.52. The minimum atomic E-state index is -0.314. The first kappa shape index (κ1) is 14.5. The number of benzene rings is 1. The Balaban J connectivity index is 2.38. The highest BCUT2D eigenvalue weighted by Crippen LogP contribution is 2.21. The van der Waals surface area contributed by atoms with Crippen molar-refractivity contribution in [3.05, 3.63) is 28.2 Å². The fourth-order valence-corrected chi connectivity index (χ4v) is 2.08. The van der Waals surface area contributed by atoms with Gasteiger partial charge in [0, 0.05) is 17.6 Å². The molecule has 0 radical (unpaired) electrons. The molecule has 3 nitrogen and oxygen atoms in total. The normalized spacial score (nSPS) is 13.0. The van der Waals surface area contributed by atoms with Gasteiger partial charge in [0.05, 0.1) is 6.10 Å². The van der Waals surface area contributed by atoms with Gasteiger partial charge in [0.1, 0.15) is 5.75 Å². The van der Waals surface area contributed by atoms with Crippen LogP contribution >= 0.6 is 15.9 Å². The van der Waals surface area contributed by atoms with Crippen LogP contribution in [0.1, 0.15) is 25.8 Å². The summed E-state index contributed by atoms with van der Waals surface area (Å²) in [6, 6.07) is 5.17. The van der Waals surface area contributed by atoms with Crippen LogP contribution in [-0.4, -0.2) is 22.9 Å². The standard InChI is InChI=1S/C13H20BrNO2/c1-9(2)5-12(17)8-15-7-10-6-11(16)3-4-13(10)14/h3-4,6,9,12,15-17H,5,7-8H2,1-2H3. The molecule has 0 spiro atoms. The highest BCUT2D eigenvalue weighted by atomic mass is 79.9. The SMILES string of the molecule is CC(C)CC(O)CNCc1cc(O)ccc1Br. The summed E-state index contributed by atoms with van der Waals surface area (Å²) in [7, 11) is 0. The molecule has 4 heteroatoms. The molecule has 17 heavy (non-hydrogen) atoms. The molecule has 0 bridgehead atoms. The molecular formula is C13H20BrNO2. The number of nitrogens with one attached hydrogen (secondary N) is 1. The van der Waals surface area contributed by atoms with Gasteiger partial charge < -0.3 is 15.5 Å². The third-order valence-electron chi connectivity index (χ3n) is 2.47. The molecule has 0 aliphatic carbocycles. The number of aliphatic hydroxyl groups is 1. The molecule has 1 rings (SSSR count). The molecular weight excluding hydrogens is 282 g/mol. The van der Waals surface area contributed by atoms with Crippen molar-refractivity contribution in [2.24, 2.45) is 5.92 Å². The third-order valence-corrected chi connectivity index (χ3v) is 3.24. The average molecular weight is 302 g/mol. The van der Waals surface area contributed by atoms with Gasteiger partial charge in [0.2, 0.25) is 0 Å². The number of phenolic OH excluding ortho intramolecular Hbond substituents is 1. The largest absolute Gasteiger partial charge is 0.508 e. The second kappa shape index (κ2) is 6.99. The summed E-state index contributed by atoms with van der Waals surface area (Å²) in [5.41, 5.74) is 0.988. The molecule has 1 unspecified atom stereocenters. The van der Waals surface area contributed by atoms with Crippen molar-refractivity contribution in [1.82, 2.24) is 5.32 Å². The van der Waals surface area contributed by atoms with Crippen LogP contribution in [0, 0.1) is 5.92 Å². The lowest BCUT2D eigenvalue weighted by Crippen LogP contribution is -2.27. The zero-order chi connectivity index (χ0) is 12.8. The minimum absolute atomic E-state index is 0.257. The molecule has 0 amide bonds. The summed E-state index contributed by atoms with van der Waals surface area (Å²) in [5, 5.41) is 22.2. The Morgan fingerprint density at radius 3 is 2.71 bits per heavy atom. The Morgan fingerprint density at radius 2 is 2.06 bits per heavy atom. The number of aliphatic hydroxyl groups excluding tert-OH is 1. The Bertz CT molecular complexity index is 355. The van der Waals surface area contributed by atoms with E-state index in [2.05, 4.69) is 35.1 Å². The molecule has 3 N–H and O–H groups in total. The van der Waals surface area contributed by atoms with Crippen LogP contribution in [0.3, 0.4) is 0 Å². The topological polar surface area (TPSA) is 52.5 Å². The predicted octanol–water partition coefficient (Wildman–Crippen LogP) is 2.65. The molecule has 1 aromatic carbocycles. The van der Waals surface area contributed by atoms with E-state index in [1.54, 1.807) is 12.1 Å². The first-order chi connectivity index (χ1) is 7.99. The predicted molar refractivity (Wildman–Crippen MR) is 73.0 cm³/mol. The van der Waals surface area contributed by atoms with Gasteiger partial charge in [-0.3, -0.25) is 0 Å². The van der Waals surface area contributed by atoms with E-state index in [1.807, 2.05) is 6.07 Å². The summed E-state index contributed by atoms with van der Waals surface area (Å²) >= 11 is 3.42. The number of rotatable bonds is 6. The van der Waals surface area contributed by atoms with Gasteiger partial charge in [-0.2, -0.15) is 0 Å². The maximum atomic E-state index is 9.70. The molecule has 0 aromatic heterocycles. The Hall–Kier alpha value is -0.580. The van der Waals surface area contributed by atoms with Crippen molar-refractivity contribution in [2.75, 3.05) is 6.54 Å². The van der Waals surface area contributed by atoms with Gasteiger partial charge in [-0.25, -0.2) is 0 Å². The fraction of sp³-hybridized carbons (Fsp3) is 0.538. The van der Waals surface area contributed by atoms with Gasteiger partial charge in [0.25, 0.3) is 0 Å². The van der Waals surface area contributed by atoms with Gasteiger partial charge in [-0.1, -0.05) is 29.8 Å². The van der Waals surface area contributed by atoms with Crippen LogP contribution in [0.15, 0.2) is 22.7 Å². The number of aromatic hydroxyl groups is 1.